The lowest BCUT2D eigenvalue weighted by molar-refractivity contribution is 0.427. The van der Waals surface area contributed by atoms with E-state index in [1.165, 1.54) is 25.7 Å². The summed E-state index contributed by atoms with van der Waals surface area (Å²) in [5.74, 6) is 3.33. The molecule has 1 aromatic heterocycles. The summed E-state index contributed by atoms with van der Waals surface area (Å²) in [5.41, 5.74) is 7.19. The zero-order chi connectivity index (χ0) is 13.4. The highest BCUT2D eigenvalue weighted by molar-refractivity contribution is 7.80. The van der Waals surface area contributed by atoms with Crippen LogP contribution in [0.5, 0.6) is 0 Å². The molecule has 0 unspecified atom stereocenters. The van der Waals surface area contributed by atoms with Gasteiger partial charge in [0, 0.05) is 12.2 Å². The summed E-state index contributed by atoms with van der Waals surface area (Å²) in [7, 11) is 0. The van der Waals surface area contributed by atoms with E-state index in [1.807, 2.05) is 13.0 Å². The number of nitrogens with zero attached hydrogens (tertiary/aromatic N) is 2. The van der Waals surface area contributed by atoms with Crippen LogP contribution in [0.15, 0.2) is 6.07 Å². The predicted molar refractivity (Wildman–Crippen MR) is 80.1 cm³/mol. The van der Waals surface area contributed by atoms with Gasteiger partial charge in [-0.05, 0) is 56.4 Å². The third kappa shape index (κ3) is 3.21. The average molecular weight is 276 g/mol. The maximum Gasteiger partial charge on any atom is 0.223 e. The largest absolute Gasteiger partial charge is 0.388 e. The van der Waals surface area contributed by atoms with E-state index in [4.69, 9.17) is 18.0 Å². The standard InChI is InChI=1S/C14H20N4S/c1-8-6-12(13(15)19)18-14(17-8)16-7-11(9-2-3-9)10-4-5-10/h6,9-11H,2-5,7H2,1H3,(H2,15,19)(H,16,17,18). The quantitative estimate of drug-likeness (QED) is 0.780. The van der Waals surface area contributed by atoms with Gasteiger partial charge in [0.2, 0.25) is 5.95 Å². The van der Waals surface area contributed by atoms with Crippen molar-refractivity contribution in [2.24, 2.45) is 23.5 Å². The van der Waals surface area contributed by atoms with Crippen LogP contribution >= 0.6 is 12.2 Å². The van der Waals surface area contributed by atoms with Gasteiger partial charge in [0.1, 0.15) is 10.7 Å². The summed E-state index contributed by atoms with van der Waals surface area (Å²) >= 11 is 4.98. The fraction of sp³-hybridized carbons (Fsp3) is 0.643. The number of thiocarbonyl (C=S) groups is 1. The molecule has 0 amide bonds. The SMILES string of the molecule is Cc1cc(C(N)=S)nc(NCC(C2CC2)C2CC2)n1. The van der Waals surface area contributed by atoms with Crippen molar-refractivity contribution in [3.05, 3.63) is 17.5 Å². The van der Waals surface area contributed by atoms with Crippen molar-refractivity contribution < 1.29 is 0 Å². The van der Waals surface area contributed by atoms with Crippen molar-refractivity contribution in [2.75, 3.05) is 11.9 Å². The Morgan fingerprint density at radius 1 is 1.37 bits per heavy atom. The minimum absolute atomic E-state index is 0.328. The van der Waals surface area contributed by atoms with Gasteiger partial charge in [-0.1, -0.05) is 12.2 Å². The molecule has 1 heterocycles. The third-order valence-corrected chi connectivity index (χ3v) is 4.27. The Morgan fingerprint density at radius 3 is 2.53 bits per heavy atom. The van der Waals surface area contributed by atoms with Crippen LogP contribution < -0.4 is 11.1 Å². The van der Waals surface area contributed by atoms with Crippen molar-refractivity contribution in [2.45, 2.75) is 32.6 Å². The van der Waals surface area contributed by atoms with E-state index in [1.54, 1.807) is 0 Å². The number of aromatic nitrogens is 2. The van der Waals surface area contributed by atoms with Gasteiger partial charge in [-0.15, -0.1) is 0 Å². The van der Waals surface area contributed by atoms with Crippen LogP contribution in [0.25, 0.3) is 0 Å². The molecule has 1 aromatic rings. The topological polar surface area (TPSA) is 63.8 Å². The Hall–Kier alpha value is -1.23. The Morgan fingerprint density at radius 2 is 2.00 bits per heavy atom. The first-order valence-corrected chi connectivity index (χ1v) is 7.43. The highest BCUT2D eigenvalue weighted by Gasteiger charge is 2.41. The van der Waals surface area contributed by atoms with Crippen molar-refractivity contribution >= 4 is 23.2 Å². The molecule has 0 atom stereocenters. The van der Waals surface area contributed by atoms with E-state index in [9.17, 15) is 0 Å². The van der Waals surface area contributed by atoms with Gasteiger partial charge in [0.25, 0.3) is 0 Å². The van der Waals surface area contributed by atoms with E-state index in [2.05, 4.69) is 15.3 Å². The molecule has 3 N–H and O–H groups in total. The van der Waals surface area contributed by atoms with Crippen LogP contribution in [0.2, 0.25) is 0 Å². The molecule has 102 valence electrons. The minimum atomic E-state index is 0.328. The third-order valence-electron chi connectivity index (χ3n) is 4.06. The Kier molecular flexibility index (Phi) is 3.39. The van der Waals surface area contributed by atoms with E-state index < -0.39 is 0 Å². The average Bonchev–Trinajstić information content (AvgIpc) is 3.23. The first kappa shape index (κ1) is 12.8. The Labute approximate surface area is 119 Å². The van der Waals surface area contributed by atoms with E-state index in [-0.39, 0.29) is 0 Å². The van der Waals surface area contributed by atoms with Crippen LogP contribution in [0.3, 0.4) is 0 Å². The predicted octanol–water partition coefficient (Wildman–Crippen LogP) is 2.27. The van der Waals surface area contributed by atoms with Gasteiger partial charge in [-0.3, -0.25) is 0 Å². The second-order valence-corrected chi connectivity index (χ2v) is 6.24. The number of rotatable bonds is 6. The van der Waals surface area contributed by atoms with Crippen LogP contribution in [-0.2, 0) is 0 Å². The van der Waals surface area contributed by atoms with Crippen molar-refractivity contribution in [3.63, 3.8) is 0 Å². The van der Waals surface area contributed by atoms with E-state index >= 15 is 0 Å². The molecule has 0 bridgehead atoms. The molecule has 0 aliphatic heterocycles. The fourth-order valence-corrected chi connectivity index (χ4v) is 2.85. The molecule has 0 radical (unpaired) electrons. The van der Waals surface area contributed by atoms with Crippen LogP contribution in [0.4, 0.5) is 5.95 Å². The van der Waals surface area contributed by atoms with E-state index in [0.29, 0.717) is 16.6 Å². The van der Waals surface area contributed by atoms with E-state index in [0.717, 1.165) is 30.0 Å². The highest BCUT2D eigenvalue weighted by atomic mass is 32.1. The minimum Gasteiger partial charge on any atom is -0.388 e. The van der Waals surface area contributed by atoms with Gasteiger partial charge in [0.05, 0.1) is 0 Å². The lowest BCUT2D eigenvalue weighted by atomic mass is 9.98. The second kappa shape index (κ2) is 5.04. The summed E-state index contributed by atoms with van der Waals surface area (Å²) in [4.78, 5) is 9.11. The van der Waals surface area contributed by atoms with Crippen LogP contribution in [0, 0.1) is 24.7 Å². The number of anilines is 1. The number of aryl methyl sites for hydroxylation is 1. The van der Waals surface area contributed by atoms with Gasteiger partial charge in [-0.2, -0.15) is 0 Å². The van der Waals surface area contributed by atoms with Crippen LogP contribution in [-0.4, -0.2) is 21.5 Å². The molecule has 2 aliphatic rings. The molecule has 4 nitrogen and oxygen atoms in total. The molecule has 2 fully saturated rings. The summed E-state index contributed by atoms with van der Waals surface area (Å²) in [6.45, 7) is 2.92. The summed E-state index contributed by atoms with van der Waals surface area (Å²) < 4.78 is 0. The number of hydrogen-bond acceptors (Lipinski definition) is 4. The van der Waals surface area contributed by atoms with Crippen LogP contribution in [0.1, 0.15) is 37.1 Å². The maximum atomic E-state index is 5.64. The Balaban J connectivity index is 1.66. The van der Waals surface area contributed by atoms with Crippen molar-refractivity contribution in [1.29, 1.82) is 0 Å². The number of hydrogen-bond donors (Lipinski definition) is 2. The summed E-state index contributed by atoms with van der Waals surface area (Å²) in [6.07, 6.45) is 5.59. The number of nitrogens with one attached hydrogen (secondary N) is 1. The normalized spacial score (nSPS) is 18.6. The first-order chi connectivity index (χ1) is 9.13. The van der Waals surface area contributed by atoms with Gasteiger partial charge in [-0.25, -0.2) is 9.97 Å². The lowest BCUT2D eigenvalue weighted by Gasteiger charge is -2.16. The van der Waals surface area contributed by atoms with Gasteiger partial charge < -0.3 is 11.1 Å². The van der Waals surface area contributed by atoms with Crippen molar-refractivity contribution in [1.82, 2.24) is 9.97 Å². The number of nitrogens with two attached hydrogens (primary N) is 1. The zero-order valence-corrected chi connectivity index (χ0v) is 12.0. The molecule has 0 aromatic carbocycles. The smallest absolute Gasteiger partial charge is 0.223 e. The molecule has 0 saturated heterocycles. The zero-order valence-electron chi connectivity index (χ0n) is 11.2. The summed E-state index contributed by atoms with van der Waals surface area (Å²) in [5, 5.41) is 3.39. The molecule has 2 aliphatic carbocycles. The molecule has 19 heavy (non-hydrogen) atoms. The molecular formula is C14H20N4S. The van der Waals surface area contributed by atoms with Crippen molar-refractivity contribution in [3.8, 4) is 0 Å². The van der Waals surface area contributed by atoms with Gasteiger partial charge in [0.15, 0.2) is 0 Å². The molecule has 2 saturated carbocycles. The Bertz CT molecular complexity index is 482. The lowest BCUT2D eigenvalue weighted by Crippen LogP contribution is -2.21. The fourth-order valence-electron chi connectivity index (χ4n) is 2.75. The second-order valence-electron chi connectivity index (χ2n) is 5.80. The molecule has 0 spiro atoms. The molecule has 5 heteroatoms. The summed E-state index contributed by atoms with van der Waals surface area (Å²) in [6, 6.07) is 1.83. The van der Waals surface area contributed by atoms with Gasteiger partial charge >= 0.3 is 0 Å². The monoisotopic (exact) mass is 276 g/mol. The molecular weight excluding hydrogens is 256 g/mol. The first-order valence-electron chi connectivity index (χ1n) is 7.03. The molecule has 3 rings (SSSR count). The maximum absolute atomic E-state index is 5.64. The highest BCUT2D eigenvalue weighted by Crippen LogP contribution is 2.49.